The van der Waals surface area contributed by atoms with E-state index in [-0.39, 0.29) is 17.9 Å². The standard InChI is InChI=1S/C15H21Cl2NO3/c1-10(19)7-15(2,3)9-18-14(20)8-21-13-6-11(16)4-5-12(13)17/h4-6,10,19H,7-9H2,1-3H3,(H,18,20). The van der Waals surface area contributed by atoms with Gasteiger partial charge in [-0.3, -0.25) is 4.79 Å². The second-order valence-corrected chi connectivity index (χ2v) is 6.70. The average molecular weight is 334 g/mol. The smallest absolute Gasteiger partial charge is 0.257 e. The van der Waals surface area contributed by atoms with E-state index in [4.69, 9.17) is 27.9 Å². The number of carbonyl (C=O) groups is 1. The van der Waals surface area contributed by atoms with Gasteiger partial charge in [0.25, 0.3) is 5.91 Å². The molecule has 1 rings (SSSR count). The van der Waals surface area contributed by atoms with E-state index in [1.165, 1.54) is 0 Å². The first-order chi connectivity index (χ1) is 9.69. The highest BCUT2D eigenvalue weighted by molar-refractivity contribution is 6.34. The predicted molar refractivity (Wildman–Crippen MR) is 85.0 cm³/mol. The molecule has 0 fully saturated rings. The Morgan fingerprint density at radius 3 is 2.71 bits per heavy atom. The van der Waals surface area contributed by atoms with Crippen LogP contribution in [0.15, 0.2) is 18.2 Å². The minimum absolute atomic E-state index is 0.134. The van der Waals surface area contributed by atoms with Crippen molar-refractivity contribution < 1.29 is 14.6 Å². The van der Waals surface area contributed by atoms with Gasteiger partial charge in [-0.15, -0.1) is 0 Å². The maximum absolute atomic E-state index is 11.8. The summed E-state index contributed by atoms with van der Waals surface area (Å²) < 4.78 is 5.35. The van der Waals surface area contributed by atoms with Crippen molar-refractivity contribution in [3.05, 3.63) is 28.2 Å². The molecule has 0 aliphatic heterocycles. The summed E-state index contributed by atoms with van der Waals surface area (Å²) in [7, 11) is 0. The number of hydrogen-bond acceptors (Lipinski definition) is 3. The zero-order valence-corrected chi connectivity index (χ0v) is 14.0. The number of carbonyl (C=O) groups excluding carboxylic acids is 1. The summed E-state index contributed by atoms with van der Waals surface area (Å²) in [5.74, 6) is 0.132. The fourth-order valence-corrected chi connectivity index (χ4v) is 2.33. The van der Waals surface area contributed by atoms with Crippen LogP contribution in [0.2, 0.25) is 10.0 Å². The number of halogens is 2. The van der Waals surface area contributed by atoms with Crippen LogP contribution < -0.4 is 10.1 Å². The van der Waals surface area contributed by atoms with Gasteiger partial charge in [-0.05, 0) is 30.9 Å². The topological polar surface area (TPSA) is 58.6 Å². The predicted octanol–water partition coefficient (Wildman–Crippen LogP) is 3.29. The molecule has 0 aliphatic rings. The van der Waals surface area contributed by atoms with Gasteiger partial charge in [-0.1, -0.05) is 37.0 Å². The van der Waals surface area contributed by atoms with Crippen molar-refractivity contribution in [2.75, 3.05) is 13.2 Å². The van der Waals surface area contributed by atoms with Crippen molar-refractivity contribution in [3.63, 3.8) is 0 Å². The zero-order valence-electron chi connectivity index (χ0n) is 12.5. The molecule has 6 heteroatoms. The highest BCUT2D eigenvalue weighted by atomic mass is 35.5. The van der Waals surface area contributed by atoms with E-state index in [1.54, 1.807) is 25.1 Å². The van der Waals surface area contributed by atoms with Gasteiger partial charge in [-0.2, -0.15) is 0 Å². The molecule has 0 radical (unpaired) electrons. The number of nitrogens with one attached hydrogen (secondary N) is 1. The van der Waals surface area contributed by atoms with Crippen LogP contribution in [0.5, 0.6) is 5.75 Å². The third-order valence-electron chi connectivity index (χ3n) is 2.86. The lowest BCUT2D eigenvalue weighted by Gasteiger charge is -2.26. The molecule has 1 aromatic rings. The first-order valence-corrected chi connectivity index (χ1v) is 7.48. The summed E-state index contributed by atoms with van der Waals surface area (Å²) in [5, 5.41) is 13.1. The van der Waals surface area contributed by atoms with Crippen molar-refractivity contribution in [1.82, 2.24) is 5.32 Å². The molecule has 1 unspecified atom stereocenters. The molecule has 2 N–H and O–H groups in total. The van der Waals surface area contributed by atoms with E-state index in [0.717, 1.165) is 0 Å². The van der Waals surface area contributed by atoms with Crippen LogP contribution in [0.25, 0.3) is 0 Å². The molecule has 0 saturated carbocycles. The fourth-order valence-electron chi connectivity index (χ4n) is 1.99. The minimum Gasteiger partial charge on any atom is -0.482 e. The second-order valence-electron chi connectivity index (χ2n) is 5.86. The summed E-state index contributed by atoms with van der Waals surface area (Å²) in [6.45, 7) is 6.02. The lowest BCUT2D eigenvalue weighted by atomic mass is 9.87. The van der Waals surface area contributed by atoms with Crippen LogP contribution in [-0.4, -0.2) is 30.3 Å². The molecule has 0 spiro atoms. The second kappa shape index (κ2) is 7.87. The van der Waals surface area contributed by atoms with Crippen LogP contribution in [0.3, 0.4) is 0 Å². The van der Waals surface area contributed by atoms with E-state index < -0.39 is 6.10 Å². The molecular weight excluding hydrogens is 313 g/mol. The monoisotopic (exact) mass is 333 g/mol. The van der Waals surface area contributed by atoms with Gasteiger partial charge in [0.05, 0.1) is 11.1 Å². The number of benzene rings is 1. The number of rotatable bonds is 7. The molecule has 0 heterocycles. The Kier molecular flexibility index (Phi) is 6.78. The van der Waals surface area contributed by atoms with Crippen LogP contribution in [-0.2, 0) is 4.79 Å². The molecule has 0 aliphatic carbocycles. The zero-order chi connectivity index (χ0) is 16.0. The van der Waals surface area contributed by atoms with Gasteiger partial charge < -0.3 is 15.2 Å². The largest absolute Gasteiger partial charge is 0.482 e. The van der Waals surface area contributed by atoms with Crippen LogP contribution in [0, 0.1) is 5.41 Å². The molecule has 1 aromatic carbocycles. The summed E-state index contributed by atoms with van der Waals surface area (Å²) >= 11 is 11.8. The molecule has 118 valence electrons. The Bertz CT molecular complexity index is 490. The van der Waals surface area contributed by atoms with E-state index in [1.807, 2.05) is 13.8 Å². The number of aliphatic hydroxyl groups excluding tert-OH is 1. The molecule has 0 aromatic heterocycles. The van der Waals surface area contributed by atoms with E-state index in [9.17, 15) is 9.90 Å². The average Bonchev–Trinajstić information content (AvgIpc) is 2.36. The third kappa shape index (κ3) is 7.02. The molecule has 0 saturated heterocycles. The summed E-state index contributed by atoms with van der Waals surface area (Å²) in [5.41, 5.74) is -0.183. The van der Waals surface area contributed by atoms with E-state index in [0.29, 0.717) is 28.8 Å². The minimum atomic E-state index is -0.404. The molecule has 1 amide bonds. The lowest BCUT2D eigenvalue weighted by molar-refractivity contribution is -0.123. The Morgan fingerprint density at radius 2 is 2.10 bits per heavy atom. The van der Waals surface area contributed by atoms with Crippen molar-refractivity contribution in [3.8, 4) is 5.75 Å². The van der Waals surface area contributed by atoms with E-state index in [2.05, 4.69) is 5.32 Å². The van der Waals surface area contributed by atoms with Gasteiger partial charge in [0.2, 0.25) is 0 Å². The molecule has 21 heavy (non-hydrogen) atoms. The highest BCUT2D eigenvalue weighted by Gasteiger charge is 2.21. The van der Waals surface area contributed by atoms with Crippen molar-refractivity contribution >= 4 is 29.1 Å². The highest BCUT2D eigenvalue weighted by Crippen LogP contribution is 2.27. The van der Waals surface area contributed by atoms with Crippen molar-refractivity contribution in [2.24, 2.45) is 5.41 Å². The molecular formula is C15H21Cl2NO3. The number of ether oxygens (including phenoxy) is 1. The fraction of sp³-hybridized carbons (Fsp3) is 0.533. The summed E-state index contributed by atoms with van der Waals surface area (Å²) in [4.78, 5) is 11.8. The maximum atomic E-state index is 11.8. The molecule has 4 nitrogen and oxygen atoms in total. The molecule has 0 bridgehead atoms. The lowest BCUT2D eigenvalue weighted by Crippen LogP contribution is -2.38. The summed E-state index contributed by atoms with van der Waals surface area (Å²) in [6.07, 6.45) is 0.201. The number of hydrogen-bond donors (Lipinski definition) is 2. The van der Waals surface area contributed by atoms with Gasteiger partial charge in [0, 0.05) is 17.6 Å². The first kappa shape index (κ1) is 18.1. The van der Waals surface area contributed by atoms with Gasteiger partial charge >= 0.3 is 0 Å². The van der Waals surface area contributed by atoms with Crippen LogP contribution in [0.4, 0.5) is 0 Å². The van der Waals surface area contributed by atoms with Gasteiger partial charge in [0.1, 0.15) is 5.75 Å². The SMILES string of the molecule is CC(O)CC(C)(C)CNC(=O)COc1cc(Cl)ccc1Cl. The van der Waals surface area contributed by atoms with Crippen molar-refractivity contribution in [2.45, 2.75) is 33.3 Å². The van der Waals surface area contributed by atoms with Gasteiger partial charge in [0.15, 0.2) is 6.61 Å². The molecule has 1 atom stereocenters. The van der Waals surface area contributed by atoms with Gasteiger partial charge in [-0.25, -0.2) is 0 Å². The van der Waals surface area contributed by atoms with E-state index >= 15 is 0 Å². The summed E-state index contributed by atoms with van der Waals surface area (Å²) in [6, 6.07) is 4.83. The van der Waals surface area contributed by atoms with Crippen LogP contribution >= 0.6 is 23.2 Å². The third-order valence-corrected chi connectivity index (χ3v) is 3.41. The Balaban J connectivity index is 2.42. The quantitative estimate of drug-likeness (QED) is 0.804. The van der Waals surface area contributed by atoms with Crippen molar-refractivity contribution in [1.29, 1.82) is 0 Å². The first-order valence-electron chi connectivity index (χ1n) is 6.72. The Hall–Kier alpha value is -0.970. The Labute approximate surface area is 135 Å². The number of aliphatic hydroxyl groups is 1. The Morgan fingerprint density at radius 1 is 1.43 bits per heavy atom. The maximum Gasteiger partial charge on any atom is 0.257 e. The number of amides is 1. The van der Waals surface area contributed by atoms with Crippen LogP contribution in [0.1, 0.15) is 27.2 Å². The normalized spacial score (nSPS) is 12.9.